The van der Waals surface area contributed by atoms with E-state index in [1.165, 1.54) is 4.31 Å². The van der Waals surface area contributed by atoms with E-state index in [1.807, 2.05) is 0 Å². The molecule has 1 aliphatic heterocycles. The molecule has 1 unspecified atom stereocenters. The minimum absolute atomic E-state index is 0.196. The Bertz CT molecular complexity index is 560. The topological polar surface area (TPSA) is 75.4 Å². The monoisotopic (exact) mass is 337 g/mol. The summed E-state index contributed by atoms with van der Waals surface area (Å²) in [5.41, 5.74) is 5.84. The van der Waals surface area contributed by atoms with Crippen LogP contribution in [0.5, 0.6) is 0 Å². The maximum absolute atomic E-state index is 12.4. The standard InChI is InChI=1S/C12H17Cl2N3O2S/c13-10-4-1-5-11(14)12(10)16-20(18,19)17-6-2-3-9(7-15)8-17/h1,4-5,9,16H,2-3,6-8,15H2. The van der Waals surface area contributed by atoms with Crippen LogP contribution in [0, 0.1) is 5.92 Å². The molecule has 1 aliphatic rings. The van der Waals surface area contributed by atoms with Crippen molar-refractivity contribution in [1.82, 2.24) is 4.31 Å². The molecule has 112 valence electrons. The highest BCUT2D eigenvalue weighted by atomic mass is 35.5. The van der Waals surface area contributed by atoms with Gasteiger partial charge in [0.2, 0.25) is 0 Å². The van der Waals surface area contributed by atoms with Crippen molar-refractivity contribution in [3.63, 3.8) is 0 Å². The average Bonchev–Trinajstić information content (AvgIpc) is 2.43. The summed E-state index contributed by atoms with van der Waals surface area (Å²) in [4.78, 5) is 0. The number of nitrogens with zero attached hydrogens (tertiary/aromatic N) is 1. The number of halogens is 2. The van der Waals surface area contributed by atoms with E-state index in [9.17, 15) is 8.42 Å². The van der Waals surface area contributed by atoms with Gasteiger partial charge in [-0.05, 0) is 37.4 Å². The van der Waals surface area contributed by atoms with Gasteiger partial charge in [0.1, 0.15) is 0 Å². The van der Waals surface area contributed by atoms with E-state index in [0.717, 1.165) is 12.8 Å². The predicted octanol–water partition coefficient (Wildman–Crippen LogP) is 2.32. The highest BCUT2D eigenvalue weighted by Crippen LogP contribution is 2.31. The lowest BCUT2D eigenvalue weighted by Gasteiger charge is -2.31. The Hall–Kier alpha value is -0.530. The predicted molar refractivity (Wildman–Crippen MR) is 82.4 cm³/mol. The Balaban J connectivity index is 2.19. The zero-order valence-electron chi connectivity index (χ0n) is 10.9. The molecule has 5 nitrogen and oxygen atoms in total. The summed E-state index contributed by atoms with van der Waals surface area (Å²) in [5, 5.41) is 0.543. The third-order valence-corrected chi connectivity index (χ3v) is 5.45. The first-order valence-electron chi connectivity index (χ1n) is 6.36. The molecule has 0 aliphatic carbocycles. The largest absolute Gasteiger partial charge is 0.330 e. The Labute approximate surface area is 129 Å². The molecular formula is C12H17Cl2N3O2S. The molecular weight excluding hydrogens is 321 g/mol. The van der Waals surface area contributed by atoms with Gasteiger partial charge in [-0.15, -0.1) is 0 Å². The highest BCUT2D eigenvalue weighted by Gasteiger charge is 2.29. The van der Waals surface area contributed by atoms with Gasteiger partial charge in [0.05, 0.1) is 15.7 Å². The Morgan fingerprint density at radius 3 is 2.60 bits per heavy atom. The third-order valence-electron chi connectivity index (χ3n) is 3.35. The van der Waals surface area contributed by atoms with E-state index in [4.69, 9.17) is 28.9 Å². The summed E-state index contributed by atoms with van der Waals surface area (Å²) in [6.45, 7) is 1.39. The van der Waals surface area contributed by atoms with Crippen LogP contribution in [0.2, 0.25) is 10.0 Å². The van der Waals surface area contributed by atoms with Crippen molar-refractivity contribution in [3.8, 4) is 0 Å². The quantitative estimate of drug-likeness (QED) is 0.885. The fourth-order valence-electron chi connectivity index (χ4n) is 2.23. The molecule has 1 heterocycles. The molecule has 1 aromatic carbocycles. The fraction of sp³-hybridized carbons (Fsp3) is 0.500. The first-order valence-corrected chi connectivity index (χ1v) is 8.55. The van der Waals surface area contributed by atoms with Crippen molar-refractivity contribution < 1.29 is 8.42 Å². The minimum atomic E-state index is -3.67. The van der Waals surface area contributed by atoms with E-state index >= 15 is 0 Å². The zero-order valence-corrected chi connectivity index (χ0v) is 13.2. The van der Waals surface area contributed by atoms with Crippen molar-refractivity contribution in [1.29, 1.82) is 0 Å². The lowest BCUT2D eigenvalue weighted by atomic mass is 10.0. The normalized spacial score (nSPS) is 20.9. The van der Waals surface area contributed by atoms with Gasteiger partial charge in [-0.25, -0.2) is 0 Å². The molecule has 1 fully saturated rings. The van der Waals surface area contributed by atoms with Crippen LogP contribution in [0.1, 0.15) is 12.8 Å². The number of piperidine rings is 1. The molecule has 8 heteroatoms. The van der Waals surface area contributed by atoms with Gasteiger partial charge in [0, 0.05) is 13.1 Å². The van der Waals surface area contributed by atoms with E-state index in [0.29, 0.717) is 19.6 Å². The number of rotatable bonds is 4. The lowest BCUT2D eigenvalue weighted by Crippen LogP contribution is -2.44. The summed E-state index contributed by atoms with van der Waals surface area (Å²) >= 11 is 12.0. The van der Waals surface area contributed by atoms with Crippen LogP contribution in [-0.2, 0) is 10.2 Å². The number of nitrogens with two attached hydrogens (primary N) is 1. The summed E-state index contributed by atoms with van der Waals surface area (Å²) < 4.78 is 28.6. The van der Waals surface area contributed by atoms with Crippen LogP contribution < -0.4 is 10.5 Å². The molecule has 1 aromatic rings. The summed E-state index contributed by atoms with van der Waals surface area (Å²) in [6.07, 6.45) is 1.76. The van der Waals surface area contributed by atoms with Gasteiger partial charge < -0.3 is 5.73 Å². The summed E-state index contributed by atoms with van der Waals surface area (Å²) in [6, 6.07) is 4.84. The molecule has 2 rings (SSSR count). The molecule has 0 spiro atoms. The first kappa shape index (κ1) is 15.9. The van der Waals surface area contributed by atoms with Crippen molar-refractivity contribution >= 4 is 39.1 Å². The maximum atomic E-state index is 12.4. The van der Waals surface area contributed by atoms with Gasteiger partial charge in [-0.1, -0.05) is 29.3 Å². The highest BCUT2D eigenvalue weighted by molar-refractivity contribution is 7.90. The van der Waals surface area contributed by atoms with Crippen molar-refractivity contribution in [2.75, 3.05) is 24.4 Å². The number of nitrogens with one attached hydrogen (secondary N) is 1. The van der Waals surface area contributed by atoms with E-state index < -0.39 is 10.2 Å². The fourth-order valence-corrected chi connectivity index (χ4v) is 4.21. The van der Waals surface area contributed by atoms with Gasteiger partial charge in [0.15, 0.2) is 0 Å². The molecule has 0 amide bonds. The number of anilines is 1. The third kappa shape index (κ3) is 3.56. The average molecular weight is 338 g/mol. The van der Waals surface area contributed by atoms with Crippen molar-refractivity contribution in [2.45, 2.75) is 12.8 Å². The second-order valence-electron chi connectivity index (χ2n) is 4.81. The molecule has 20 heavy (non-hydrogen) atoms. The van der Waals surface area contributed by atoms with Crippen LogP contribution in [-0.4, -0.2) is 32.4 Å². The van der Waals surface area contributed by atoms with Crippen LogP contribution in [0.3, 0.4) is 0 Å². The Morgan fingerprint density at radius 2 is 2.00 bits per heavy atom. The van der Waals surface area contributed by atoms with Gasteiger partial charge in [-0.2, -0.15) is 12.7 Å². The van der Waals surface area contributed by atoms with Crippen molar-refractivity contribution in [3.05, 3.63) is 28.2 Å². The van der Waals surface area contributed by atoms with Crippen LogP contribution in [0.4, 0.5) is 5.69 Å². The first-order chi connectivity index (χ1) is 9.44. The molecule has 0 radical (unpaired) electrons. The molecule has 0 bridgehead atoms. The number of benzene rings is 1. The summed E-state index contributed by atoms with van der Waals surface area (Å²) in [5.74, 6) is 0.196. The SMILES string of the molecule is NCC1CCCN(S(=O)(=O)Nc2c(Cl)cccc2Cl)C1. The molecule has 3 N–H and O–H groups in total. The minimum Gasteiger partial charge on any atom is -0.330 e. The van der Waals surface area contributed by atoms with Crippen LogP contribution in [0.25, 0.3) is 0 Å². The number of hydrogen-bond acceptors (Lipinski definition) is 3. The lowest BCUT2D eigenvalue weighted by molar-refractivity contribution is 0.273. The molecule has 1 saturated heterocycles. The van der Waals surface area contributed by atoms with E-state index in [2.05, 4.69) is 4.72 Å². The van der Waals surface area contributed by atoms with E-state index in [-0.39, 0.29) is 21.7 Å². The molecule has 0 aromatic heterocycles. The Kier molecular flexibility index (Phi) is 5.14. The Morgan fingerprint density at radius 1 is 1.35 bits per heavy atom. The smallest absolute Gasteiger partial charge is 0.301 e. The van der Waals surface area contributed by atoms with Gasteiger partial charge >= 0.3 is 10.2 Å². The molecule has 1 atom stereocenters. The van der Waals surface area contributed by atoms with Crippen molar-refractivity contribution in [2.24, 2.45) is 11.7 Å². The summed E-state index contributed by atoms with van der Waals surface area (Å²) in [7, 11) is -3.67. The van der Waals surface area contributed by atoms with Crippen LogP contribution >= 0.6 is 23.2 Å². The van der Waals surface area contributed by atoms with Gasteiger partial charge in [0.25, 0.3) is 0 Å². The number of para-hydroxylation sites is 1. The molecule has 0 saturated carbocycles. The second kappa shape index (κ2) is 6.49. The number of hydrogen-bond donors (Lipinski definition) is 2. The van der Waals surface area contributed by atoms with Gasteiger partial charge in [-0.3, -0.25) is 4.72 Å². The zero-order chi connectivity index (χ0) is 14.8. The van der Waals surface area contributed by atoms with Crippen LogP contribution in [0.15, 0.2) is 18.2 Å². The van der Waals surface area contributed by atoms with E-state index in [1.54, 1.807) is 18.2 Å². The second-order valence-corrected chi connectivity index (χ2v) is 7.29. The maximum Gasteiger partial charge on any atom is 0.301 e.